The van der Waals surface area contributed by atoms with Crippen LogP contribution in [0.3, 0.4) is 0 Å². The third-order valence-corrected chi connectivity index (χ3v) is 5.80. The minimum atomic E-state index is -2.24. The maximum absolute atomic E-state index is 13.9. The van der Waals surface area contributed by atoms with Crippen LogP contribution in [-0.2, 0) is 13.2 Å². The number of carbonyl (C=O) groups is 1. The Kier molecular flexibility index (Phi) is 7.46. The molecule has 0 saturated carbocycles. The molecule has 12 heteroatoms. The van der Waals surface area contributed by atoms with Gasteiger partial charge in [0.25, 0.3) is 5.91 Å². The molecule has 0 aliphatic rings. The lowest BCUT2D eigenvalue weighted by molar-refractivity contribution is 0.102. The fraction of sp³-hybridized carbons (Fsp3) is 0.0833. The zero-order valence-corrected chi connectivity index (χ0v) is 19.5. The molecule has 36 heavy (non-hydrogen) atoms. The number of rotatable bonds is 7. The monoisotopic (exact) mass is 541 g/mol. The number of amides is 1. The normalized spacial score (nSPS) is 11.0. The van der Waals surface area contributed by atoms with Crippen LogP contribution in [0, 0.1) is 29.1 Å². The van der Waals surface area contributed by atoms with Gasteiger partial charge in [0.2, 0.25) is 5.82 Å². The number of hydrogen-bond acceptors (Lipinski definition) is 3. The fourth-order valence-electron chi connectivity index (χ4n) is 3.22. The minimum absolute atomic E-state index is 0.00349. The number of ether oxygens (including phenoxy) is 1. The van der Waals surface area contributed by atoms with E-state index < -0.39 is 47.1 Å². The van der Waals surface area contributed by atoms with Crippen LogP contribution >= 0.6 is 23.2 Å². The second-order valence-electron chi connectivity index (χ2n) is 7.44. The molecule has 5 nitrogen and oxygen atoms in total. The molecule has 1 amide bonds. The van der Waals surface area contributed by atoms with Crippen molar-refractivity contribution in [3.05, 3.63) is 111 Å². The summed E-state index contributed by atoms with van der Waals surface area (Å²) >= 11 is 12.1. The third-order valence-electron chi connectivity index (χ3n) is 5.00. The summed E-state index contributed by atoms with van der Waals surface area (Å²) in [6, 6.07) is 12.7. The van der Waals surface area contributed by atoms with Gasteiger partial charge in [-0.25, -0.2) is 22.0 Å². The molecule has 1 aromatic heterocycles. The van der Waals surface area contributed by atoms with Crippen LogP contribution < -0.4 is 10.1 Å². The standard InChI is InChI=1S/C24H14Cl2F5N3O2/c25-15-5-2-6-16(18(15)26)36-11-12-3-1-4-13(9-12)24(35)32-17-7-8-34(33-17)10-14-19(27)21(29)23(31)22(30)20(14)28/h1-9H,10-11H2,(H,32,33,35). The molecule has 0 bridgehead atoms. The van der Waals surface area contributed by atoms with Crippen molar-refractivity contribution in [2.45, 2.75) is 13.2 Å². The van der Waals surface area contributed by atoms with Gasteiger partial charge in [-0.3, -0.25) is 9.48 Å². The van der Waals surface area contributed by atoms with E-state index in [-0.39, 0.29) is 23.0 Å². The first kappa shape index (κ1) is 25.5. The number of aromatic nitrogens is 2. The molecule has 1 heterocycles. The molecule has 0 aliphatic heterocycles. The van der Waals surface area contributed by atoms with Crippen molar-refractivity contribution in [3.63, 3.8) is 0 Å². The minimum Gasteiger partial charge on any atom is -0.487 e. The van der Waals surface area contributed by atoms with Crippen molar-refractivity contribution >= 4 is 34.9 Å². The van der Waals surface area contributed by atoms with Gasteiger partial charge in [-0.2, -0.15) is 5.10 Å². The first-order chi connectivity index (χ1) is 17.2. The Bertz CT molecular complexity index is 1430. The average Bonchev–Trinajstić information content (AvgIpc) is 3.32. The predicted molar refractivity (Wildman–Crippen MR) is 123 cm³/mol. The van der Waals surface area contributed by atoms with E-state index in [0.29, 0.717) is 16.3 Å². The van der Waals surface area contributed by atoms with Gasteiger partial charge in [0.05, 0.1) is 17.1 Å². The van der Waals surface area contributed by atoms with Gasteiger partial charge in [0, 0.05) is 17.8 Å². The first-order valence-corrected chi connectivity index (χ1v) is 10.9. The van der Waals surface area contributed by atoms with Gasteiger partial charge in [-0.1, -0.05) is 41.4 Å². The highest BCUT2D eigenvalue weighted by molar-refractivity contribution is 6.42. The van der Waals surface area contributed by atoms with Crippen molar-refractivity contribution in [2.75, 3.05) is 5.32 Å². The SMILES string of the molecule is O=C(Nc1ccn(Cc2c(F)c(F)c(F)c(F)c2F)n1)c1cccc(COc2cccc(Cl)c2Cl)c1. The first-order valence-electron chi connectivity index (χ1n) is 10.2. The largest absolute Gasteiger partial charge is 0.487 e. The van der Waals surface area contributed by atoms with Gasteiger partial charge in [-0.15, -0.1) is 0 Å². The smallest absolute Gasteiger partial charge is 0.256 e. The second kappa shape index (κ2) is 10.5. The Morgan fingerprint density at radius 2 is 1.58 bits per heavy atom. The molecule has 0 radical (unpaired) electrons. The summed E-state index contributed by atoms with van der Waals surface area (Å²) in [5.74, 6) is -10.4. The van der Waals surface area contributed by atoms with E-state index in [9.17, 15) is 26.7 Å². The van der Waals surface area contributed by atoms with Crippen LogP contribution in [0.1, 0.15) is 21.5 Å². The van der Waals surface area contributed by atoms with Gasteiger partial charge in [-0.05, 0) is 29.8 Å². The summed E-state index contributed by atoms with van der Waals surface area (Å²) in [6.45, 7) is -0.654. The molecule has 1 N–H and O–H groups in total. The highest BCUT2D eigenvalue weighted by atomic mass is 35.5. The molecular weight excluding hydrogens is 528 g/mol. The quantitative estimate of drug-likeness (QED) is 0.160. The molecule has 0 atom stereocenters. The Balaban J connectivity index is 1.44. The highest BCUT2D eigenvalue weighted by Crippen LogP contribution is 2.32. The topological polar surface area (TPSA) is 56.2 Å². The predicted octanol–water partition coefficient (Wildman–Crippen LogP) is 6.77. The van der Waals surface area contributed by atoms with E-state index >= 15 is 0 Å². The van der Waals surface area contributed by atoms with Crippen molar-refractivity contribution in [1.82, 2.24) is 9.78 Å². The zero-order valence-electron chi connectivity index (χ0n) is 18.0. The van der Waals surface area contributed by atoms with Crippen LogP contribution in [0.25, 0.3) is 0 Å². The number of anilines is 1. The van der Waals surface area contributed by atoms with Crippen molar-refractivity contribution in [2.24, 2.45) is 0 Å². The lowest BCUT2D eigenvalue weighted by Gasteiger charge is -2.10. The molecule has 0 unspecified atom stereocenters. The lowest BCUT2D eigenvalue weighted by Crippen LogP contribution is -2.14. The maximum Gasteiger partial charge on any atom is 0.256 e. The summed E-state index contributed by atoms with van der Waals surface area (Å²) < 4.78 is 74.5. The summed E-state index contributed by atoms with van der Waals surface area (Å²) in [5.41, 5.74) is -0.155. The molecular formula is C24H14Cl2F5N3O2. The van der Waals surface area contributed by atoms with Gasteiger partial charge >= 0.3 is 0 Å². The summed E-state index contributed by atoms with van der Waals surface area (Å²) in [5, 5.41) is 7.00. The number of benzene rings is 3. The Labute approximate surface area is 211 Å². The van der Waals surface area contributed by atoms with E-state index in [1.54, 1.807) is 36.4 Å². The molecule has 4 rings (SSSR count). The van der Waals surface area contributed by atoms with Crippen LogP contribution in [0.2, 0.25) is 10.0 Å². The summed E-state index contributed by atoms with van der Waals surface area (Å²) in [6.07, 6.45) is 1.21. The number of halogens is 7. The number of nitrogens with zero attached hydrogens (tertiary/aromatic N) is 2. The van der Waals surface area contributed by atoms with Crippen LogP contribution in [0.5, 0.6) is 5.75 Å². The molecule has 0 fully saturated rings. The zero-order chi connectivity index (χ0) is 26.0. The molecule has 0 saturated heterocycles. The number of hydrogen-bond donors (Lipinski definition) is 1. The van der Waals surface area contributed by atoms with E-state index in [4.69, 9.17) is 27.9 Å². The van der Waals surface area contributed by atoms with E-state index in [1.807, 2.05) is 0 Å². The molecule has 186 valence electrons. The van der Waals surface area contributed by atoms with Crippen molar-refractivity contribution in [1.29, 1.82) is 0 Å². The Morgan fingerprint density at radius 3 is 2.31 bits per heavy atom. The van der Waals surface area contributed by atoms with Crippen LogP contribution in [0.4, 0.5) is 27.8 Å². The molecule has 0 aliphatic carbocycles. The van der Waals surface area contributed by atoms with E-state index in [2.05, 4.69) is 10.4 Å². The van der Waals surface area contributed by atoms with E-state index in [1.165, 1.54) is 18.3 Å². The maximum atomic E-state index is 13.9. The third kappa shape index (κ3) is 5.29. The summed E-state index contributed by atoms with van der Waals surface area (Å²) in [7, 11) is 0. The average molecular weight is 542 g/mol. The van der Waals surface area contributed by atoms with E-state index in [0.717, 1.165) is 4.68 Å². The van der Waals surface area contributed by atoms with Crippen molar-refractivity contribution in [3.8, 4) is 5.75 Å². The lowest BCUT2D eigenvalue weighted by atomic mass is 10.1. The molecule has 0 spiro atoms. The highest BCUT2D eigenvalue weighted by Gasteiger charge is 2.26. The fourth-order valence-corrected chi connectivity index (χ4v) is 3.56. The Hall–Kier alpha value is -3.63. The summed E-state index contributed by atoms with van der Waals surface area (Å²) in [4.78, 5) is 12.6. The number of carbonyl (C=O) groups excluding carboxylic acids is 1. The van der Waals surface area contributed by atoms with Gasteiger partial charge in [0.1, 0.15) is 17.4 Å². The van der Waals surface area contributed by atoms with Crippen LogP contribution in [0.15, 0.2) is 54.7 Å². The molecule has 4 aromatic rings. The Morgan fingerprint density at radius 1 is 0.917 bits per heavy atom. The number of nitrogens with one attached hydrogen (secondary N) is 1. The second-order valence-corrected chi connectivity index (χ2v) is 8.23. The van der Waals surface area contributed by atoms with Crippen LogP contribution in [-0.4, -0.2) is 15.7 Å². The molecule has 3 aromatic carbocycles. The van der Waals surface area contributed by atoms with Crippen molar-refractivity contribution < 1.29 is 31.5 Å². The van der Waals surface area contributed by atoms with Gasteiger partial charge < -0.3 is 10.1 Å². The van der Waals surface area contributed by atoms with Gasteiger partial charge in [0.15, 0.2) is 29.1 Å².